The number of ether oxygens (including phenoxy) is 1. The molecule has 1 aliphatic carbocycles. The highest BCUT2D eigenvalue weighted by molar-refractivity contribution is 5.84. The summed E-state index contributed by atoms with van der Waals surface area (Å²) in [5, 5.41) is 0. The lowest BCUT2D eigenvalue weighted by molar-refractivity contribution is -0.135. The molecular formula is C21H36N2O2. The molecule has 3 fully saturated rings. The summed E-state index contributed by atoms with van der Waals surface area (Å²) in [6, 6.07) is 0.410. The summed E-state index contributed by atoms with van der Waals surface area (Å²) in [5.74, 6) is 1.65. The van der Waals surface area contributed by atoms with Gasteiger partial charge in [0, 0.05) is 39.3 Å². The third kappa shape index (κ3) is 4.11. The topological polar surface area (TPSA) is 32.8 Å². The second-order valence-corrected chi connectivity index (χ2v) is 9.28. The maximum absolute atomic E-state index is 13.0. The van der Waals surface area contributed by atoms with Crippen molar-refractivity contribution in [1.82, 2.24) is 9.80 Å². The zero-order valence-electron chi connectivity index (χ0n) is 16.8. The van der Waals surface area contributed by atoms with Gasteiger partial charge in [-0.1, -0.05) is 25.5 Å². The average Bonchev–Trinajstić information content (AvgIpc) is 2.92. The first-order valence-corrected chi connectivity index (χ1v) is 10.0. The molecule has 2 heterocycles. The average molecular weight is 349 g/mol. The lowest BCUT2D eigenvalue weighted by atomic mass is 10.00. The lowest BCUT2D eigenvalue weighted by Crippen LogP contribution is -2.47. The molecule has 3 unspecified atom stereocenters. The smallest absolute Gasteiger partial charge is 0.226 e. The molecule has 2 aliphatic heterocycles. The van der Waals surface area contributed by atoms with Crippen LogP contribution < -0.4 is 0 Å². The van der Waals surface area contributed by atoms with Gasteiger partial charge in [0.1, 0.15) is 0 Å². The number of carbonyl (C=O) groups is 1. The van der Waals surface area contributed by atoms with Crippen LogP contribution in [0.4, 0.5) is 0 Å². The van der Waals surface area contributed by atoms with Crippen LogP contribution in [0.3, 0.4) is 0 Å². The van der Waals surface area contributed by atoms with E-state index in [1.54, 1.807) is 0 Å². The van der Waals surface area contributed by atoms with E-state index in [1.807, 2.05) is 7.05 Å². The van der Waals surface area contributed by atoms with E-state index >= 15 is 0 Å². The van der Waals surface area contributed by atoms with Gasteiger partial charge in [0.25, 0.3) is 0 Å². The highest BCUT2D eigenvalue weighted by Crippen LogP contribution is 2.60. The Bertz CT molecular complexity index is 510. The number of allylic oxidation sites excluding steroid dienone is 2. The van der Waals surface area contributed by atoms with Gasteiger partial charge in [-0.15, -0.1) is 0 Å². The number of nitrogens with zero attached hydrogens (tertiary/aromatic N) is 2. The molecule has 0 spiro atoms. The second-order valence-electron chi connectivity index (χ2n) is 9.28. The molecule has 0 radical (unpaired) electrons. The predicted molar refractivity (Wildman–Crippen MR) is 101 cm³/mol. The van der Waals surface area contributed by atoms with Crippen molar-refractivity contribution in [2.75, 3.05) is 39.9 Å². The molecule has 0 N–H and O–H groups in total. The van der Waals surface area contributed by atoms with E-state index in [2.05, 4.69) is 43.6 Å². The fraction of sp³-hybridized carbons (Fsp3) is 0.857. The van der Waals surface area contributed by atoms with Crippen molar-refractivity contribution in [2.45, 2.75) is 53.0 Å². The zero-order valence-corrected chi connectivity index (χ0v) is 16.8. The van der Waals surface area contributed by atoms with E-state index < -0.39 is 0 Å². The largest absolute Gasteiger partial charge is 0.381 e. The first-order chi connectivity index (χ1) is 11.8. The summed E-state index contributed by atoms with van der Waals surface area (Å²) in [7, 11) is 2.03. The summed E-state index contributed by atoms with van der Waals surface area (Å²) < 4.78 is 5.50. The molecule has 4 nitrogen and oxygen atoms in total. The fourth-order valence-corrected chi connectivity index (χ4v) is 4.80. The number of hydrogen-bond acceptors (Lipinski definition) is 3. The van der Waals surface area contributed by atoms with Crippen molar-refractivity contribution in [2.24, 2.45) is 23.2 Å². The molecule has 0 aromatic rings. The molecular weight excluding hydrogens is 312 g/mol. The van der Waals surface area contributed by atoms with Crippen LogP contribution in [0.2, 0.25) is 0 Å². The molecule has 3 atom stereocenters. The van der Waals surface area contributed by atoms with Crippen LogP contribution in [-0.4, -0.2) is 61.6 Å². The van der Waals surface area contributed by atoms with Crippen molar-refractivity contribution in [1.29, 1.82) is 0 Å². The highest BCUT2D eigenvalue weighted by atomic mass is 16.5. The summed E-state index contributed by atoms with van der Waals surface area (Å²) in [6.07, 6.45) is 5.72. The molecule has 142 valence electrons. The Kier molecular flexibility index (Phi) is 5.60. The number of rotatable bonds is 5. The molecule has 0 aromatic carbocycles. The van der Waals surface area contributed by atoms with Crippen molar-refractivity contribution >= 4 is 5.91 Å². The standard InChI is InChI=1S/C21H36N2O2/c1-15(2)12-18-19(21(18,3)4)20(24)22(5)17-6-9-23(10-7-17)13-16-8-11-25-14-16/h12,16-19H,6-11,13-14H2,1-5H3. The van der Waals surface area contributed by atoms with Crippen molar-refractivity contribution in [3.63, 3.8) is 0 Å². The Balaban J connectivity index is 1.49. The van der Waals surface area contributed by atoms with Crippen LogP contribution >= 0.6 is 0 Å². The first-order valence-electron chi connectivity index (χ1n) is 10.0. The quantitative estimate of drug-likeness (QED) is 0.716. The second kappa shape index (κ2) is 7.40. The highest BCUT2D eigenvalue weighted by Gasteiger charge is 2.61. The Morgan fingerprint density at radius 1 is 1.24 bits per heavy atom. The van der Waals surface area contributed by atoms with Gasteiger partial charge in [-0.05, 0) is 50.4 Å². The summed E-state index contributed by atoms with van der Waals surface area (Å²) in [4.78, 5) is 17.7. The third-order valence-corrected chi connectivity index (χ3v) is 6.68. The maximum atomic E-state index is 13.0. The van der Waals surface area contributed by atoms with Gasteiger partial charge >= 0.3 is 0 Å². The first kappa shape index (κ1) is 18.9. The predicted octanol–water partition coefficient (Wildman–Crippen LogP) is 3.18. The lowest BCUT2D eigenvalue weighted by Gasteiger charge is -2.37. The van der Waals surface area contributed by atoms with Gasteiger partial charge in [-0.25, -0.2) is 0 Å². The van der Waals surface area contributed by atoms with Crippen molar-refractivity contribution in [3.05, 3.63) is 11.6 Å². The van der Waals surface area contributed by atoms with Crippen molar-refractivity contribution < 1.29 is 9.53 Å². The molecule has 1 amide bonds. The Labute approximate surface area is 153 Å². The molecule has 1 saturated carbocycles. The third-order valence-electron chi connectivity index (χ3n) is 6.68. The molecule has 25 heavy (non-hydrogen) atoms. The summed E-state index contributed by atoms with van der Waals surface area (Å²) in [6.45, 7) is 14.0. The van der Waals surface area contributed by atoms with Gasteiger partial charge in [0.2, 0.25) is 5.91 Å². The molecule has 3 rings (SSSR count). The molecule has 4 heteroatoms. The van der Waals surface area contributed by atoms with Gasteiger partial charge in [0.05, 0.1) is 12.5 Å². The van der Waals surface area contributed by atoms with Crippen LogP contribution in [0.1, 0.15) is 47.0 Å². The number of amides is 1. The minimum atomic E-state index is 0.117. The van der Waals surface area contributed by atoms with Gasteiger partial charge in [0.15, 0.2) is 0 Å². The van der Waals surface area contributed by atoms with Gasteiger partial charge < -0.3 is 14.5 Å². The molecule has 3 aliphatic rings. The van der Waals surface area contributed by atoms with Crippen LogP contribution in [0.15, 0.2) is 11.6 Å². The summed E-state index contributed by atoms with van der Waals surface area (Å²) >= 11 is 0. The maximum Gasteiger partial charge on any atom is 0.226 e. The number of hydrogen-bond donors (Lipinski definition) is 0. The van der Waals surface area contributed by atoms with Crippen LogP contribution in [-0.2, 0) is 9.53 Å². The summed E-state index contributed by atoms with van der Waals surface area (Å²) in [5.41, 5.74) is 1.44. The van der Waals surface area contributed by atoms with Crippen LogP contribution in [0, 0.1) is 23.2 Å². The van der Waals surface area contributed by atoms with E-state index in [4.69, 9.17) is 4.74 Å². The number of piperidine rings is 1. The fourth-order valence-electron chi connectivity index (χ4n) is 4.80. The van der Waals surface area contributed by atoms with E-state index in [0.29, 0.717) is 23.8 Å². The SMILES string of the molecule is CC(C)=CC1C(C(=O)N(C)C2CCN(CC3CCOC3)CC2)C1(C)C. The van der Waals surface area contributed by atoms with E-state index in [9.17, 15) is 4.79 Å². The van der Waals surface area contributed by atoms with E-state index in [-0.39, 0.29) is 11.3 Å². The van der Waals surface area contributed by atoms with Gasteiger partial charge in [-0.2, -0.15) is 0 Å². The number of likely N-dealkylation sites (tertiary alicyclic amines) is 1. The minimum absolute atomic E-state index is 0.117. The Morgan fingerprint density at radius 3 is 2.48 bits per heavy atom. The van der Waals surface area contributed by atoms with E-state index in [0.717, 1.165) is 39.1 Å². The molecule has 0 bridgehead atoms. The minimum Gasteiger partial charge on any atom is -0.381 e. The number of carbonyl (C=O) groups excluding carboxylic acids is 1. The monoisotopic (exact) mass is 348 g/mol. The van der Waals surface area contributed by atoms with Crippen LogP contribution in [0.25, 0.3) is 0 Å². The molecule has 2 saturated heterocycles. The molecule has 0 aromatic heterocycles. The zero-order chi connectivity index (χ0) is 18.2. The normalized spacial score (nSPS) is 32.4. The Hall–Kier alpha value is -0.870. The van der Waals surface area contributed by atoms with Gasteiger partial charge in [-0.3, -0.25) is 4.79 Å². The van der Waals surface area contributed by atoms with E-state index in [1.165, 1.54) is 18.5 Å². The van der Waals surface area contributed by atoms with Crippen LogP contribution in [0.5, 0.6) is 0 Å². The van der Waals surface area contributed by atoms with Crippen molar-refractivity contribution in [3.8, 4) is 0 Å². The Morgan fingerprint density at radius 2 is 1.92 bits per heavy atom.